The molecule has 1 unspecified atom stereocenters. The number of aromatic amines is 1. The van der Waals surface area contributed by atoms with Gasteiger partial charge >= 0.3 is 0 Å². The number of aromatic nitrogens is 4. The number of carbonyl (C=O) groups is 1. The monoisotopic (exact) mass is 440 g/mol. The van der Waals surface area contributed by atoms with E-state index in [1.54, 1.807) is 0 Å². The molecule has 1 amide bonds. The molecular formula is C26H28N6O. The number of anilines is 1. The minimum absolute atomic E-state index is 0.222. The number of amides is 1. The van der Waals surface area contributed by atoms with E-state index in [9.17, 15) is 4.79 Å². The number of pyridine rings is 2. The van der Waals surface area contributed by atoms with Crippen LogP contribution in [0.3, 0.4) is 0 Å². The zero-order valence-corrected chi connectivity index (χ0v) is 18.8. The molecule has 5 rings (SSSR count). The summed E-state index contributed by atoms with van der Waals surface area (Å²) in [5.41, 5.74) is 4.95. The third-order valence-electron chi connectivity index (χ3n) is 6.26. The fraction of sp³-hybridized carbons (Fsp3) is 0.308. The molecule has 33 heavy (non-hydrogen) atoms. The Balaban J connectivity index is 1.20. The minimum Gasteiger partial charge on any atom is -0.362 e. The summed E-state index contributed by atoms with van der Waals surface area (Å²) in [7, 11) is 0. The number of fused-ring (bicyclic) bond motifs is 1. The van der Waals surface area contributed by atoms with Crippen molar-refractivity contribution in [2.45, 2.75) is 38.6 Å². The molecule has 0 bridgehead atoms. The molecule has 7 nitrogen and oxygen atoms in total. The average Bonchev–Trinajstić information content (AvgIpc) is 3.49. The van der Waals surface area contributed by atoms with Gasteiger partial charge in [-0.3, -0.25) is 14.9 Å². The standard InChI is InChI=1S/C26H28N6O/c1-18-6-5-9-21(28-18)16-27-25-22-11-12-23(29-26(22)31-30-25)20-14-15-32(17-20)24(33)13-10-19-7-3-2-4-8-19/h2-9,11-12,20H,10,13-17H2,1H3,(H2,27,29,30,31). The van der Waals surface area contributed by atoms with Gasteiger partial charge in [-0.2, -0.15) is 5.10 Å². The van der Waals surface area contributed by atoms with Gasteiger partial charge < -0.3 is 10.2 Å². The highest BCUT2D eigenvalue weighted by atomic mass is 16.2. The lowest BCUT2D eigenvalue weighted by atomic mass is 10.0. The number of rotatable bonds is 7. The quantitative estimate of drug-likeness (QED) is 0.449. The third-order valence-corrected chi connectivity index (χ3v) is 6.26. The molecule has 7 heteroatoms. The number of benzene rings is 1. The van der Waals surface area contributed by atoms with E-state index in [1.807, 2.05) is 48.2 Å². The highest BCUT2D eigenvalue weighted by Crippen LogP contribution is 2.29. The maximum atomic E-state index is 12.7. The topological polar surface area (TPSA) is 86.8 Å². The molecule has 0 saturated carbocycles. The molecule has 4 aromatic rings. The Bertz CT molecular complexity index is 1250. The first kappa shape index (κ1) is 21.1. The summed E-state index contributed by atoms with van der Waals surface area (Å²) in [5.74, 6) is 1.25. The molecule has 0 radical (unpaired) electrons. The molecule has 4 heterocycles. The van der Waals surface area contributed by atoms with E-state index >= 15 is 0 Å². The maximum absolute atomic E-state index is 12.7. The highest BCUT2D eigenvalue weighted by Gasteiger charge is 2.28. The smallest absolute Gasteiger partial charge is 0.222 e. The molecule has 1 aliphatic heterocycles. The van der Waals surface area contributed by atoms with Crippen LogP contribution >= 0.6 is 0 Å². The number of hydrogen-bond acceptors (Lipinski definition) is 5. The summed E-state index contributed by atoms with van der Waals surface area (Å²) < 4.78 is 0. The van der Waals surface area contributed by atoms with Crippen LogP contribution in [0, 0.1) is 6.92 Å². The lowest BCUT2D eigenvalue weighted by Gasteiger charge is -2.16. The van der Waals surface area contributed by atoms with Gasteiger partial charge in [-0.05, 0) is 49.6 Å². The van der Waals surface area contributed by atoms with Gasteiger partial charge in [0.15, 0.2) is 11.5 Å². The Kier molecular flexibility index (Phi) is 6.02. The van der Waals surface area contributed by atoms with Crippen LogP contribution in [-0.2, 0) is 17.8 Å². The predicted octanol–water partition coefficient (Wildman–Crippen LogP) is 4.22. The van der Waals surface area contributed by atoms with Crippen molar-refractivity contribution in [3.05, 3.63) is 83.3 Å². The van der Waals surface area contributed by atoms with Gasteiger partial charge in [0.05, 0.1) is 17.6 Å². The molecular weight excluding hydrogens is 412 g/mol. The van der Waals surface area contributed by atoms with E-state index in [2.05, 4.69) is 44.8 Å². The third kappa shape index (κ3) is 4.87. The van der Waals surface area contributed by atoms with Crippen molar-refractivity contribution in [2.24, 2.45) is 0 Å². The van der Waals surface area contributed by atoms with E-state index in [0.29, 0.717) is 13.0 Å². The number of H-pyrrole nitrogens is 1. The molecule has 3 aromatic heterocycles. The van der Waals surface area contributed by atoms with E-state index in [4.69, 9.17) is 4.98 Å². The second-order valence-electron chi connectivity index (χ2n) is 8.64. The number of nitrogens with zero attached hydrogens (tertiary/aromatic N) is 4. The molecule has 1 fully saturated rings. The van der Waals surface area contributed by atoms with Crippen LogP contribution in [0.1, 0.15) is 41.4 Å². The van der Waals surface area contributed by atoms with E-state index in [0.717, 1.165) is 59.9 Å². The molecule has 1 saturated heterocycles. The van der Waals surface area contributed by atoms with Crippen LogP contribution in [0.2, 0.25) is 0 Å². The van der Waals surface area contributed by atoms with Gasteiger partial charge in [0.1, 0.15) is 0 Å². The Morgan fingerprint density at radius 3 is 2.82 bits per heavy atom. The summed E-state index contributed by atoms with van der Waals surface area (Å²) in [6.45, 7) is 4.10. The Hall–Kier alpha value is -3.74. The van der Waals surface area contributed by atoms with Gasteiger partial charge in [-0.1, -0.05) is 36.4 Å². The summed E-state index contributed by atoms with van der Waals surface area (Å²) in [6.07, 6.45) is 2.27. The largest absolute Gasteiger partial charge is 0.362 e. The van der Waals surface area contributed by atoms with Gasteiger partial charge in [0, 0.05) is 36.8 Å². The lowest BCUT2D eigenvalue weighted by Crippen LogP contribution is -2.28. The van der Waals surface area contributed by atoms with Crippen molar-refractivity contribution in [2.75, 3.05) is 18.4 Å². The number of nitrogens with one attached hydrogen (secondary N) is 2. The van der Waals surface area contributed by atoms with Crippen molar-refractivity contribution >= 4 is 22.8 Å². The molecule has 1 aromatic carbocycles. The number of aryl methyl sites for hydroxylation is 2. The first-order chi connectivity index (χ1) is 16.2. The maximum Gasteiger partial charge on any atom is 0.222 e. The second kappa shape index (κ2) is 9.40. The second-order valence-corrected chi connectivity index (χ2v) is 8.64. The lowest BCUT2D eigenvalue weighted by molar-refractivity contribution is -0.130. The summed E-state index contributed by atoms with van der Waals surface area (Å²) in [4.78, 5) is 24.0. The van der Waals surface area contributed by atoms with Crippen molar-refractivity contribution in [3.8, 4) is 0 Å². The Labute approximate surface area is 193 Å². The molecule has 168 valence electrons. The van der Waals surface area contributed by atoms with Crippen molar-refractivity contribution in [3.63, 3.8) is 0 Å². The van der Waals surface area contributed by atoms with Gasteiger partial charge in [-0.25, -0.2) is 4.98 Å². The van der Waals surface area contributed by atoms with E-state index in [-0.39, 0.29) is 11.8 Å². The molecule has 2 N–H and O–H groups in total. The number of likely N-dealkylation sites (tertiary alicyclic amines) is 1. The van der Waals surface area contributed by atoms with Crippen molar-refractivity contribution in [1.29, 1.82) is 0 Å². The van der Waals surface area contributed by atoms with E-state index in [1.165, 1.54) is 5.56 Å². The Morgan fingerprint density at radius 1 is 1.09 bits per heavy atom. The average molecular weight is 441 g/mol. The summed E-state index contributed by atoms with van der Waals surface area (Å²) >= 11 is 0. The van der Waals surface area contributed by atoms with Crippen LogP contribution in [0.15, 0.2) is 60.7 Å². The number of carbonyl (C=O) groups excluding carboxylic acids is 1. The van der Waals surface area contributed by atoms with Crippen LogP contribution in [0.5, 0.6) is 0 Å². The van der Waals surface area contributed by atoms with E-state index < -0.39 is 0 Å². The molecule has 0 spiro atoms. The minimum atomic E-state index is 0.222. The van der Waals surface area contributed by atoms with Crippen LogP contribution in [-0.4, -0.2) is 44.1 Å². The zero-order valence-electron chi connectivity index (χ0n) is 18.8. The molecule has 0 aliphatic carbocycles. The summed E-state index contributed by atoms with van der Waals surface area (Å²) in [5, 5.41) is 11.8. The molecule has 1 aliphatic rings. The normalized spacial score (nSPS) is 15.8. The van der Waals surface area contributed by atoms with Crippen LogP contribution < -0.4 is 5.32 Å². The molecule has 1 atom stereocenters. The van der Waals surface area contributed by atoms with Crippen molar-refractivity contribution in [1.82, 2.24) is 25.1 Å². The fourth-order valence-corrected chi connectivity index (χ4v) is 4.44. The first-order valence-corrected chi connectivity index (χ1v) is 11.5. The van der Waals surface area contributed by atoms with Crippen LogP contribution in [0.4, 0.5) is 5.82 Å². The predicted molar refractivity (Wildman–Crippen MR) is 129 cm³/mol. The van der Waals surface area contributed by atoms with Crippen molar-refractivity contribution < 1.29 is 4.79 Å². The first-order valence-electron chi connectivity index (χ1n) is 11.5. The highest BCUT2D eigenvalue weighted by molar-refractivity contribution is 5.87. The summed E-state index contributed by atoms with van der Waals surface area (Å²) in [6, 6.07) is 20.3. The van der Waals surface area contributed by atoms with Gasteiger partial charge in [0.2, 0.25) is 5.91 Å². The van der Waals surface area contributed by atoms with Gasteiger partial charge in [0.25, 0.3) is 0 Å². The van der Waals surface area contributed by atoms with Gasteiger partial charge in [-0.15, -0.1) is 0 Å². The SMILES string of the molecule is Cc1cccc(CNc2n[nH]c3nc(C4CCN(C(=O)CCc5ccccc5)C4)ccc23)n1. The Morgan fingerprint density at radius 2 is 1.97 bits per heavy atom. The van der Waals surface area contributed by atoms with Crippen LogP contribution in [0.25, 0.3) is 11.0 Å². The fourth-order valence-electron chi connectivity index (χ4n) is 4.44. The zero-order chi connectivity index (χ0) is 22.6. The number of hydrogen-bond donors (Lipinski definition) is 2.